The van der Waals surface area contributed by atoms with Gasteiger partial charge in [-0.3, -0.25) is 14.9 Å². The summed E-state index contributed by atoms with van der Waals surface area (Å²) in [7, 11) is 1.51. The van der Waals surface area contributed by atoms with Gasteiger partial charge in [0.05, 0.1) is 17.7 Å². The van der Waals surface area contributed by atoms with E-state index in [1.54, 1.807) is 43.3 Å². The van der Waals surface area contributed by atoms with Gasteiger partial charge in [0.25, 0.3) is 11.6 Å². The first-order valence-corrected chi connectivity index (χ1v) is 8.03. The van der Waals surface area contributed by atoms with Gasteiger partial charge in [-0.1, -0.05) is 18.2 Å². The number of nitrogens with one attached hydrogen (secondary N) is 1. The highest BCUT2D eigenvalue weighted by atomic mass is 16.6. The van der Waals surface area contributed by atoms with Gasteiger partial charge < -0.3 is 10.1 Å². The average molecular weight is 364 g/mol. The molecule has 2 aromatic carbocycles. The second-order valence-corrected chi connectivity index (χ2v) is 5.70. The van der Waals surface area contributed by atoms with Gasteiger partial charge in [0, 0.05) is 34.5 Å². The van der Waals surface area contributed by atoms with Crippen molar-refractivity contribution >= 4 is 17.3 Å². The molecular formula is C19H16N4O4. The maximum Gasteiger partial charge on any atom is 0.273 e. The van der Waals surface area contributed by atoms with Gasteiger partial charge in [-0.25, -0.2) is 0 Å². The molecule has 0 bridgehead atoms. The van der Waals surface area contributed by atoms with E-state index in [9.17, 15) is 14.9 Å². The standard InChI is InChI=1S/C19H16N4O4/c1-12-15(7-4-8-17(12)23(25)26)19(24)20-14-6-3-5-13(11-14)16-9-10-18(27-2)22-21-16/h3-11H,1-2H3,(H,20,24). The fraction of sp³-hybridized carbons (Fsp3) is 0.105. The number of hydrogen-bond acceptors (Lipinski definition) is 6. The fourth-order valence-corrected chi connectivity index (χ4v) is 2.60. The monoisotopic (exact) mass is 364 g/mol. The lowest BCUT2D eigenvalue weighted by atomic mass is 10.1. The Morgan fingerprint density at radius 1 is 1.11 bits per heavy atom. The number of nitro groups is 1. The van der Waals surface area contributed by atoms with E-state index in [0.717, 1.165) is 5.56 Å². The fourth-order valence-electron chi connectivity index (χ4n) is 2.60. The van der Waals surface area contributed by atoms with Gasteiger partial charge in [-0.05, 0) is 31.2 Å². The highest BCUT2D eigenvalue weighted by molar-refractivity contribution is 6.06. The number of amides is 1. The highest BCUT2D eigenvalue weighted by Crippen LogP contribution is 2.24. The van der Waals surface area contributed by atoms with E-state index in [2.05, 4.69) is 15.5 Å². The summed E-state index contributed by atoms with van der Waals surface area (Å²) in [6.07, 6.45) is 0. The van der Waals surface area contributed by atoms with E-state index in [0.29, 0.717) is 22.8 Å². The van der Waals surface area contributed by atoms with Crippen LogP contribution in [0.3, 0.4) is 0 Å². The molecule has 1 N–H and O–H groups in total. The topological polar surface area (TPSA) is 107 Å². The van der Waals surface area contributed by atoms with E-state index >= 15 is 0 Å². The summed E-state index contributed by atoms with van der Waals surface area (Å²) in [6.45, 7) is 1.55. The summed E-state index contributed by atoms with van der Waals surface area (Å²) in [5.41, 5.74) is 2.40. The number of carbonyl (C=O) groups is 1. The Labute approximate surface area is 155 Å². The van der Waals surface area contributed by atoms with Crippen LogP contribution < -0.4 is 10.1 Å². The number of nitro benzene ring substituents is 1. The number of benzene rings is 2. The third-order valence-electron chi connectivity index (χ3n) is 4.01. The third-order valence-corrected chi connectivity index (χ3v) is 4.01. The van der Waals surface area contributed by atoms with Crippen LogP contribution in [-0.4, -0.2) is 28.1 Å². The lowest BCUT2D eigenvalue weighted by Crippen LogP contribution is -2.14. The molecule has 0 radical (unpaired) electrons. The van der Waals surface area contributed by atoms with Crippen molar-refractivity contribution in [2.45, 2.75) is 6.92 Å². The Bertz CT molecular complexity index is 1000. The van der Waals surface area contributed by atoms with Crippen molar-refractivity contribution < 1.29 is 14.5 Å². The van der Waals surface area contributed by atoms with E-state index in [-0.39, 0.29) is 11.3 Å². The smallest absolute Gasteiger partial charge is 0.273 e. The zero-order chi connectivity index (χ0) is 19.4. The SMILES string of the molecule is COc1ccc(-c2cccc(NC(=O)c3cccc([N+](=O)[O-])c3C)c2)nn1. The van der Waals surface area contributed by atoms with E-state index in [4.69, 9.17) is 4.74 Å². The molecule has 8 heteroatoms. The number of carbonyl (C=O) groups excluding carboxylic acids is 1. The first-order chi connectivity index (χ1) is 13.0. The second kappa shape index (κ2) is 7.61. The maximum atomic E-state index is 12.6. The largest absolute Gasteiger partial charge is 0.480 e. The van der Waals surface area contributed by atoms with Crippen LogP contribution in [0.5, 0.6) is 5.88 Å². The van der Waals surface area contributed by atoms with Crippen LogP contribution in [0.4, 0.5) is 11.4 Å². The summed E-state index contributed by atoms with van der Waals surface area (Å²) in [6, 6.07) is 15.0. The molecule has 8 nitrogen and oxygen atoms in total. The number of anilines is 1. The number of methoxy groups -OCH3 is 1. The zero-order valence-electron chi connectivity index (χ0n) is 14.7. The Hall–Kier alpha value is -3.81. The molecule has 0 fully saturated rings. The van der Waals surface area contributed by atoms with Crippen molar-refractivity contribution in [2.75, 3.05) is 12.4 Å². The van der Waals surface area contributed by atoms with E-state index in [1.807, 2.05) is 6.07 Å². The average Bonchev–Trinajstić information content (AvgIpc) is 2.68. The van der Waals surface area contributed by atoms with Crippen molar-refractivity contribution in [1.29, 1.82) is 0 Å². The summed E-state index contributed by atoms with van der Waals surface area (Å²) >= 11 is 0. The molecule has 0 atom stereocenters. The van der Waals surface area contributed by atoms with E-state index in [1.165, 1.54) is 19.2 Å². The van der Waals surface area contributed by atoms with Gasteiger partial charge in [-0.2, -0.15) is 0 Å². The second-order valence-electron chi connectivity index (χ2n) is 5.70. The molecule has 3 aromatic rings. The number of aromatic nitrogens is 2. The first-order valence-electron chi connectivity index (χ1n) is 8.03. The maximum absolute atomic E-state index is 12.6. The molecule has 1 heterocycles. The minimum atomic E-state index is -0.505. The quantitative estimate of drug-likeness (QED) is 0.547. The molecule has 0 spiro atoms. The molecule has 3 rings (SSSR count). The first kappa shape index (κ1) is 18.0. The summed E-state index contributed by atoms with van der Waals surface area (Å²) in [5.74, 6) is -0.0153. The molecule has 0 aliphatic rings. The molecule has 0 aliphatic heterocycles. The van der Waals surface area contributed by atoms with Crippen molar-refractivity contribution in [3.8, 4) is 17.1 Å². The summed E-state index contributed by atoms with van der Waals surface area (Å²) in [5, 5.41) is 21.8. The van der Waals surface area contributed by atoms with Gasteiger partial charge in [-0.15, -0.1) is 10.2 Å². The molecule has 136 valence electrons. The minimum Gasteiger partial charge on any atom is -0.480 e. The van der Waals surface area contributed by atoms with Crippen molar-refractivity contribution in [3.05, 3.63) is 75.8 Å². The molecule has 0 unspecified atom stereocenters. The molecule has 0 saturated carbocycles. The molecule has 1 amide bonds. The Kier molecular flexibility index (Phi) is 5.07. The van der Waals surface area contributed by atoms with Gasteiger partial charge in [0.2, 0.25) is 5.88 Å². The van der Waals surface area contributed by atoms with Crippen LogP contribution in [-0.2, 0) is 0 Å². The molecular weight excluding hydrogens is 348 g/mol. The Balaban J connectivity index is 1.85. The summed E-state index contributed by atoms with van der Waals surface area (Å²) in [4.78, 5) is 23.1. The number of hydrogen-bond donors (Lipinski definition) is 1. The third kappa shape index (κ3) is 3.90. The molecule has 0 saturated heterocycles. The van der Waals surface area contributed by atoms with Crippen molar-refractivity contribution in [1.82, 2.24) is 10.2 Å². The van der Waals surface area contributed by atoms with Crippen molar-refractivity contribution in [2.24, 2.45) is 0 Å². The minimum absolute atomic E-state index is 0.0927. The molecule has 1 aromatic heterocycles. The van der Waals surface area contributed by atoms with E-state index < -0.39 is 10.8 Å². The lowest BCUT2D eigenvalue weighted by Gasteiger charge is -2.09. The number of rotatable bonds is 5. The van der Waals surface area contributed by atoms with Crippen molar-refractivity contribution in [3.63, 3.8) is 0 Å². The van der Waals surface area contributed by atoms with Gasteiger partial charge in [0.15, 0.2) is 0 Å². The molecule has 27 heavy (non-hydrogen) atoms. The Morgan fingerprint density at radius 3 is 2.56 bits per heavy atom. The van der Waals surface area contributed by atoms with Crippen LogP contribution in [0.25, 0.3) is 11.3 Å². The molecule has 0 aliphatic carbocycles. The zero-order valence-corrected chi connectivity index (χ0v) is 14.7. The predicted octanol–water partition coefficient (Wildman–Crippen LogP) is 3.62. The number of nitrogens with zero attached hydrogens (tertiary/aromatic N) is 3. The van der Waals surface area contributed by atoms with Gasteiger partial charge in [0.1, 0.15) is 0 Å². The van der Waals surface area contributed by atoms with Crippen LogP contribution >= 0.6 is 0 Å². The predicted molar refractivity (Wildman–Crippen MR) is 99.8 cm³/mol. The Morgan fingerprint density at radius 2 is 1.89 bits per heavy atom. The van der Waals surface area contributed by atoms with Gasteiger partial charge >= 0.3 is 0 Å². The van der Waals surface area contributed by atoms with Crippen LogP contribution in [0.15, 0.2) is 54.6 Å². The van der Waals surface area contributed by atoms with Crippen LogP contribution in [0.1, 0.15) is 15.9 Å². The number of ether oxygens (including phenoxy) is 1. The van der Waals surface area contributed by atoms with Crippen LogP contribution in [0.2, 0.25) is 0 Å². The lowest BCUT2D eigenvalue weighted by molar-refractivity contribution is -0.385. The summed E-state index contributed by atoms with van der Waals surface area (Å²) < 4.78 is 4.99. The normalized spacial score (nSPS) is 10.3. The van der Waals surface area contributed by atoms with Crippen LogP contribution in [0, 0.1) is 17.0 Å². The highest BCUT2D eigenvalue weighted by Gasteiger charge is 2.18.